The second-order valence-corrected chi connectivity index (χ2v) is 18.0. The number of quaternary nitrogens is 1. The highest BCUT2D eigenvalue weighted by Gasteiger charge is 2.35. The number of likely N-dealkylation sites (N-methyl/N-ethyl adjacent to an activating group) is 1. The minimum Gasteiger partial charge on any atom is -0.462 e. The number of hydrogen-bond donors (Lipinski definition) is 4. The van der Waals surface area contributed by atoms with Crippen LogP contribution in [0.25, 0.3) is 0 Å². The van der Waals surface area contributed by atoms with Crippen molar-refractivity contribution >= 4 is 19.8 Å². The van der Waals surface area contributed by atoms with Crippen LogP contribution in [0.3, 0.4) is 0 Å². The summed E-state index contributed by atoms with van der Waals surface area (Å²) in [4.78, 5) is 35.6. The van der Waals surface area contributed by atoms with Crippen molar-refractivity contribution in [2.75, 3.05) is 47.5 Å². The maximum absolute atomic E-state index is 12.8. The molecule has 0 aromatic heterocycles. The molecule has 0 radical (unpaired) electrons. The summed E-state index contributed by atoms with van der Waals surface area (Å²) in [7, 11) is 1.30. The molecule has 7 unspecified atom stereocenters. The van der Waals surface area contributed by atoms with Crippen LogP contribution in [0.2, 0.25) is 0 Å². The molecule has 0 saturated carbocycles. The van der Waals surface area contributed by atoms with Crippen molar-refractivity contribution in [3.05, 3.63) is 36.5 Å². The summed E-state index contributed by atoms with van der Waals surface area (Å²) in [5.74, 6) is -1.33. The van der Waals surface area contributed by atoms with E-state index in [9.17, 15) is 34.4 Å². The van der Waals surface area contributed by atoms with Crippen molar-refractivity contribution in [3.8, 4) is 0 Å². The maximum atomic E-state index is 12.8. The van der Waals surface area contributed by atoms with E-state index in [1.54, 1.807) is 12.2 Å². The van der Waals surface area contributed by atoms with Gasteiger partial charge in [-0.05, 0) is 38.5 Å². The number of hydrogen-bond acceptors (Lipinski definition) is 11. The highest BCUT2D eigenvalue weighted by Crippen LogP contribution is 2.43. The first kappa shape index (κ1) is 54.1. The Labute approximate surface area is 350 Å². The Kier molecular flexibility index (Phi) is 30.6. The van der Waals surface area contributed by atoms with Gasteiger partial charge in [-0.1, -0.05) is 127 Å². The molecule has 1 saturated heterocycles. The predicted octanol–water partition coefficient (Wildman–Crippen LogP) is 8.24. The minimum absolute atomic E-state index is 0.0184. The van der Waals surface area contributed by atoms with Gasteiger partial charge >= 0.3 is 19.8 Å². The number of carbonyl (C=O) groups excluding carboxylic acids is 2. The number of nitrogens with zero attached hydrogens (tertiary/aromatic N) is 1. The van der Waals surface area contributed by atoms with Crippen molar-refractivity contribution in [1.29, 1.82) is 0 Å². The fourth-order valence-corrected chi connectivity index (χ4v) is 7.16. The third-order valence-corrected chi connectivity index (χ3v) is 10.9. The highest BCUT2D eigenvalue weighted by molar-refractivity contribution is 7.47. The third-order valence-electron chi connectivity index (χ3n) is 9.96. The largest absolute Gasteiger partial charge is 0.472 e. The predicted molar refractivity (Wildman–Crippen MR) is 228 cm³/mol. The first-order valence-corrected chi connectivity index (χ1v) is 23.6. The summed E-state index contributed by atoms with van der Waals surface area (Å²) < 4.78 is 39.9. The molecule has 1 rings (SSSR count). The Morgan fingerprint density at radius 3 is 2.05 bits per heavy atom. The van der Waals surface area contributed by atoms with E-state index in [4.69, 9.17) is 23.3 Å². The second kappa shape index (κ2) is 32.8. The molecule has 1 aliphatic heterocycles. The standard InChI is InChI=1S/C44H80NO12P/c1-6-8-10-11-12-13-14-15-16-17-18-19-24-28-42(48)53-35-38(36-55-58(51,52)54-33-32-45(3,4)5)56-43(49)29-25-21-20-23-27-39-40(47)34-44(50)57-41(39)31-30-37(46)26-22-9-7-2/h9,20,22-23,30-31,37-41,44,46-47,50H,6-8,10-19,21,24-29,32-36H2,1-5H3/p+1/b22-9-,23-20-,31-30+. The molecule has 7 atom stereocenters. The number of aliphatic hydroxyl groups excluding tert-OH is 3. The average molecular weight is 847 g/mol. The van der Waals surface area contributed by atoms with Gasteiger partial charge in [-0.15, -0.1) is 0 Å². The quantitative estimate of drug-likeness (QED) is 0.0158. The fourth-order valence-electron chi connectivity index (χ4n) is 6.42. The Morgan fingerprint density at radius 2 is 1.43 bits per heavy atom. The van der Waals surface area contributed by atoms with E-state index in [1.807, 2.05) is 52.4 Å². The molecule has 338 valence electrons. The summed E-state index contributed by atoms with van der Waals surface area (Å²) >= 11 is 0. The van der Waals surface area contributed by atoms with Crippen molar-refractivity contribution < 1.29 is 62.1 Å². The molecule has 0 aromatic rings. The molecule has 0 aromatic carbocycles. The SMILES string of the molecule is CC/C=C\CC(O)/C=C/C1OC(O)CC(O)C1C/C=C\CCCC(=O)OC(COC(=O)CCCCCCCCCCCCCCC)COP(=O)(O)OCC[N+](C)(C)C. The molecule has 0 amide bonds. The zero-order valence-corrected chi connectivity index (χ0v) is 37.4. The van der Waals surface area contributed by atoms with E-state index in [0.717, 1.165) is 25.7 Å². The summed E-state index contributed by atoms with van der Waals surface area (Å²) in [6.45, 7) is 3.90. The second-order valence-electron chi connectivity index (χ2n) is 16.6. The number of carbonyl (C=O) groups is 2. The summed E-state index contributed by atoms with van der Waals surface area (Å²) in [5, 5.41) is 30.9. The molecule has 0 bridgehead atoms. The van der Waals surface area contributed by atoms with E-state index < -0.39 is 57.1 Å². The Morgan fingerprint density at radius 1 is 0.810 bits per heavy atom. The van der Waals surface area contributed by atoms with Crippen LogP contribution in [0.1, 0.15) is 149 Å². The lowest BCUT2D eigenvalue weighted by molar-refractivity contribution is -0.870. The average Bonchev–Trinajstić information content (AvgIpc) is 3.15. The van der Waals surface area contributed by atoms with Gasteiger partial charge in [0.2, 0.25) is 0 Å². The van der Waals surface area contributed by atoms with E-state index >= 15 is 0 Å². The smallest absolute Gasteiger partial charge is 0.462 e. The molecule has 58 heavy (non-hydrogen) atoms. The van der Waals surface area contributed by atoms with Gasteiger partial charge in [-0.2, -0.15) is 0 Å². The van der Waals surface area contributed by atoms with Gasteiger partial charge < -0.3 is 38.9 Å². The van der Waals surface area contributed by atoms with Crippen LogP contribution in [0, 0.1) is 5.92 Å². The monoisotopic (exact) mass is 847 g/mol. The van der Waals surface area contributed by atoms with E-state index in [0.29, 0.717) is 43.1 Å². The van der Waals surface area contributed by atoms with Crippen molar-refractivity contribution in [3.63, 3.8) is 0 Å². The molecule has 1 fully saturated rings. The van der Waals surface area contributed by atoms with Crippen molar-refractivity contribution in [2.45, 2.75) is 179 Å². The third kappa shape index (κ3) is 30.1. The molecule has 14 heteroatoms. The van der Waals surface area contributed by atoms with Gasteiger partial charge in [-0.3, -0.25) is 18.6 Å². The molecule has 4 N–H and O–H groups in total. The van der Waals surface area contributed by atoms with Gasteiger partial charge in [-0.25, -0.2) is 4.57 Å². The molecule has 0 spiro atoms. The molecule has 13 nitrogen and oxygen atoms in total. The first-order chi connectivity index (χ1) is 27.7. The lowest BCUT2D eigenvalue weighted by atomic mass is 9.87. The van der Waals surface area contributed by atoms with Gasteiger partial charge in [0, 0.05) is 25.2 Å². The summed E-state index contributed by atoms with van der Waals surface area (Å²) in [5.41, 5.74) is 0. The van der Waals surface area contributed by atoms with Crippen LogP contribution in [0.4, 0.5) is 0 Å². The van der Waals surface area contributed by atoms with Crippen LogP contribution in [0.5, 0.6) is 0 Å². The normalized spacial score (nSPS) is 21.1. The highest BCUT2D eigenvalue weighted by atomic mass is 31.2. The number of phosphoric ester groups is 1. The number of allylic oxidation sites excluding steroid dienone is 3. The van der Waals surface area contributed by atoms with Gasteiger partial charge in [0.1, 0.15) is 19.8 Å². The Hall–Kier alpha value is -1.93. The van der Waals surface area contributed by atoms with Crippen LogP contribution in [-0.2, 0) is 37.4 Å². The van der Waals surface area contributed by atoms with E-state index in [-0.39, 0.29) is 38.4 Å². The minimum atomic E-state index is -4.45. The topological polar surface area (TPSA) is 178 Å². The van der Waals surface area contributed by atoms with Crippen LogP contribution >= 0.6 is 7.82 Å². The summed E-state index contributed by atoms with van der Waals surface area (Å²) in [6, 6.07) is 0. The number of aliphatic hydroxyl groups is 3. The maximum Gasteiger partial charge on any atom is 0.472 e. The number of esters is 2. The zero-order chi connectivity index (χ0) is 43.1. The number of rotatable bonds is 35. The van der Waals surface area contributed by atoms with Crippen molar-refractivity contribution in [2.24, 2.45) is 5.92 Å². The number of ether oxygens (including phenoxy) is 3. The summed E-state index contributed by atoms with van der Waals surface area (Å²) in [6.07, 6.45) is 25.4. The number of phosphoric acid groups is 1. The first-order valence-electron chi connectivity index (χ1n) is 22.1. The fraction of sp³-hybridized carbons (Fsp3) is 0.818. The zero-order valence-electron chi connectivity index (χ0n) is 36.6. The lowest BCUT2D eigenvalue weighted by Gasteiger charge is -2.36. The van der Waals surface area contributed by atoms with Gasteiger partial charge in [0.05, 0.1) is 46.1 Å². The Balaban J connectivity index is 2.56. The molecule has 1 aliphatic rings. The van der Waals surface area contributed by atoms with Crippen LogP contribution in [-0.4, -0.2) is 115 Å². The molecule has 1 heterocycles. The van der Waals surface area contributed by atoms with Crippen LogP contribution in [0.15, 0.2) is 36.5 Å². The van der Waals surface area contributed by atoms with E-state index in [1.165, 1.54) is 57.8 Å². The Bertz CT molecular complexity index is 1210. The van der Waals surface area contributed by atoms with E-state index in [2.05, 4.69) is 6.92 Å². The molecular weight excluding hydrogens is 765 g/mol. The van der Waals surface area contributed by atoms with Gasteiger partial charge in [0.15, 0.2) is 12.4 Å². The molecule has 0 aliphatic carbocycles. The van der Waals surface area contributed by atoms with Gasteiger partial charge in [0.25, 0.3) is 0 Å². The van der Waals surface area contributed by atoms with Crippen molar-refractivity contribution in [1.82, 2.24) is 0 Å². The number of unbranched alkanes of at least 4 members (excludes halogenated alkanes) is 13. The lowest BCUT2D eigenvalue weighted by Crippen LogP contribution is -2.43. The molecular formula is C44H81NO12P+. The van der Waals surface area contributed by atoms with Crippen LogP contribution < -0.4 is 0 Å².